The molecule has 9 heteroatoms. The average Bonchev–Trinajstić information content (AvgIpc) is 3.12. The van der Waals surface area contributed by atoms with Crippen LogP contribution in [0.5, 0.6) is 0 Å². The molecular formula is C17H25N5O3S. The van der Waals surface area contributed by atoms with Crippen LogP contribution in [0.3, 0.4) is 0 Å². The van der Waals surface area contributed by atoms with E-state index in [1.54, 1.807) is 6.20 Å². The third kappa shape index (κ3) is 4.30. The minimum atomic E-state index is -3.55. The number of likely N-dealkylation sites (tertiary alicyclic amines) is 1. The largest absolute Gasteiger partial charge is 0.390 e. The van der Waals surface area contributed by atoms with Gasteiger partial charge in [-0.25, -0.2) is 4.68 Å². The molecule has 0 aliphatic carbocycles. The molecule has 2 heterocycles. The quantitative estimate of drug-likeness (QED) is 0.749. The summed E-state index contributed by atoms with van der Waals surface area (Å²) < 4.78 is 29.5. The van der Waals surface area contributed by atoms with Crippen LogP contribution in [0.2, 0.25) is 0 Å². The minimum Gasteiger partial charge on any atom is -0.390 e. The number of aliphatic hydroxyl groups is 1. The van der Waals surface area contributed by atoms with Crippen molar-refractivity contribution in [1.82, 2.24) is 23.7 Å². The van der Waals surface area contributed by atoms with Gasteiger partial charge in [-0.2, -0.15) is 22.5 Å². The van der Waals surface area contributed by atoms with Crippen molar-refractivity contribution in [2.75, 3.05) is 27.2 Å². The molecular weight excluding hydrogens is 354 g/mol. The fraction of sp³-hybridized carbons (Fsp3) is 0.471. The molecule has 142 valence electrons. The second kappa shape index (κ2) is 7.85. The van der Waals surface area contributed by atoms with Crippen LogP contribution in [-0.2, 0) is 16.8 Å². The maximum atomic E-state index is 12.0. The number of nitrogens with zero attached hydrogens (tertiary/aromatic N) is 4. The van der Waals surface area contributed by atoms with Gasteiger partial charge in [0, 0.05) is 46.1 Å². The van der Waals surface area contributed by atoms with Gasteiger partial charge in [-0.05, 0) is 24.1 Å². The molecule has 1 aliphatic heterocycles. The number of hydrogen-bond acceptors (Lipinski definition) is 5. The first-order chi connectivity index (χ1) is 12.4. The Morgan fingerprint density at radius 3 is 2.73 bits per heavy atom. The number of benzene rings is 1. The molecule has 0 spiro atoms. The summed E-state index contributed by atoms with van der Waals surface area (Å²) >= 11 is 0. The van der Waals surface area contributed by atoms with E-state index >= 15 is 0 Å². The smallest absolute Gasteiger partial charge is 0.279 e. The molecule has 1 aromatic carbocycles. The Balaban J connectivity index is 1.66. The van der Waals surface area contributed by atoms with Crippen LogP contribution in [0.25, 0.3) is 5.69 Å². The molecule has 0 unspecified atom stereocenters. The van der Waals surface area contributed by atoms with Gasteiger partial charge >= 0.3 is 0 Å². The zero-order chi connectivity index (χ0) is 18.7. The molecule has 1 aliphatic rings. The second-order valence-electron chi connectivity index (χ2n) is 6.68. The fourth-order valence-electron chi connectivity index (χ4n) is 3.10. The maximum Gasteiger partial charge on any atom is 0.279 e. The zero-order valence-corrected chi connectivity index (χ0v) is 15.8. The number of piperidine rings is 1. The molecule has 0 amide bonds. The Morgan fingerprint density at radius 2 is 2.08 bits per heavy atom. The number of aliphatic hydroxyl groups excluding tert-OH is 1. The summed E-state index contributed by atoms with van der Waals surface area (Å²) in [6.45, 7) is 1.78. The van der Waals surface area contributed by atoms with Gasteiger partial charge < -0.3 is 5.11 Å². The average molecular weight is 379 g/mol. The molecule has 1 fully saturated rings. The monoisotopic (exact) mass is 379 g/mol. The van der Waals surface area contributed by atoms with E-state index in [1.165, 1.54) is 14.1 Å². The molecule has 26 heavy (non-hydrogen) atoms. The first-order valence-electron chi connectivity index (χ1n) is 8.55. The summed E-state index contributed by atoms with van der Waals surface area (Å²) in [5, 5.41) is 14.7. The first-order valence-corrected chi connectivity index (χ1v) is 9.99. The Morgan fingerprint density at radius 1 is 1.31 bits per heavy atom. The van der Waals surface area contributed by atoms with Gasteiger partial charge in [0.25, 0.3) is 10.2 Å². The molecule has 1 saturated heterocycles. The molecule has 2 N–H and O–H groups in total. The number of rotatable bonds is 6. The molecule has 8 nitrogen and oxygen atoms in total. The van der Waals surface area contributed by atoms with Crippen molar-refractivity contribution in [2.45, 2.75) is 25.1 Å². The van der Waals surface area contributed by atoms with Crippen molar-refractivity contribution in [2.24, 2.45) is 0 Å². The van der Waals surface area contributed by atoms with Crippen molar-refractivity contribution in [3.63, 3.8) is 0 Å². The van der Waals surface area contributed by atoms with Crippen LogP contribution < -0.4 is 4.72 Å². The molecule has 3 rings (SSSR count). The standard InChI is InChI=1S/C17H25N5O3S/c1-20(2)26(24,25)19-15-8-11-21(13-17(15)23)12-14-6-3-4-7-16(14)22-10-5-9-18-22/h3-7,9-10,15,17,19,23H,8,11-13H2,1-2H3/t15-,17-/m1/s1. The lowest BCUT2D eigenvalue weighted by Gasteiger charge is -2.36. The van der Waals surface area contributed by atoms with E-state index in [9.17, 15) is 13.5 Å². The van der Waals surface area contributed by atoms with Crippen molar-refractivity contribution in [1.29, 1.82) is 0 Å². The molecule has 0 bridgehead atoms. The predicted octanol–water partition coefficient (Wildman–Crippen LogP) is 0.204. The van der Waals surface area contributed by atoms with Gasteiger partial charge in [0.05, 0.1) is 17.8 Å². The molecule has 0 radical (unpaired) electrons. The summed E-state index contributed by atoms with van der Waals surface area (Å²) in [6.07, 6.45) is 3.44. The Kier molecular flexibility index (Phi) is 5.73. The molecule has 1 aromatic heterocycles. The first kappa shape index (κ1) is 19.0. The van der Waals surface area contributed by atoms with Gasteiger partial charge in [-0.15, -0.1) is 0 Å². The van der Waals surface area contributed by atoms with E-state index in [2.05, 4.69) is 14.7 Å². The molecule has 2 aromatic rings. The highest BCUT2D eigenvalue weighted by atomic mass is 32.2. The summed E-state index contributed by atoms with van der Waals surface area (Å²) in [5.41, 5.74) is 2.11. The number of aromatic nitrogens is 2. The van der Waals surface area contributed by atoms with E-state index in [1.807, 2.05) is 41.2 Å². The summed E-state index contributed by atoms with van der Waals surface area (Å²) in [6, 6.07) is 9.41. The third-order valence-corrected chi connectivity index (χ3v) is 6.15. The number of hydrogen-bond donors (Lipinski definition) is 2. The van der Waals surface area contributed by atoms with Crippen LogP contribution in [0.1, 0.15) is 12.0 Å². The minimum absolute atomic E-state index is 0.411. The van der Waals surface area contributed by atoms with Crippen LogP contribution in [-0.4, -0.2) is 71.8 Å². The topological polar surface area (TPSA) is 90.7 Å². The van der Waals surface area contributed by atoms with Gasteiger partial charge in [0.15, 0.2) is 0 Å². The normalized spacial score (nSPS) is 22.0. The molecule has 2 atom stereocenters. The zero-order valence-electron chi connectivity index (χ0n) is 15.0. The lowest BCUT2D eigenvalue weighted by Crippen LogP contribution is -2.55. The number of β-amino-alcohol motifs (C(OH)–C–C–N with tert-alkyl or cyclic N) is 1. The van der Waals surface area contributed by atoms with Crippen molar-refractivity contribution >= 4 is 10.2 Å². The van der Waals surface area contributed by atoms with Gasteiger partial charge in [0.2, 0.25) is 0 Å². The van der Waals surface area contributed by atoms with E-state index in [-0.39, 0.29) is 0 Å². The van der Waals surface area contributed by atoms with E-state index in [0.717, 1.165) is 15.6 Å². The van der Waals surface area contributed by atoms with Crippen LogP contribution >= 0.6 is 0 Å². The fourth-order valence-corrected chi connectivity index (χ4v) is 3.96. The van der Waals surface area contributed by atoms with E-state index in [0.29, 0.717) is 26.1 Å². The van der Waals surface area contributed by atoms with Crippen LogP contribution in [0.15, 0.2) is 42.7 Å². The number of nitrogens with one attached hydrogen (secondary N) is 1. The second-order valence-corrected chi connectivity index (χ2v) is 8.60. The highest BCUT2D eigenvalue weighted by Gasteiger charge is 2.31. The van der Waals surface area contributed by atoms with E-state index < -0.39 is 22.4 Å². The highest BCUT2D eigenvalue weighted by Crippen LogP contribution is 2.19. The summed E-state index contributed by atoms with van der Waals surface area (Å²) in [4.78, 5) is 2.13. The number of para-hydroxylation sites is 1. The van der Waals surface area contributed by atoms with Gasteiger partial charge in [0.1, 0.15) is 0 Å². The lowest BCUT2D eigenvalue weighted by molar-refractivity contribution is 0.0441. The summed E-state index contributed by atoms with van der Waals surface area (Å²) in [5.74, 6) is 0. The van der Waals surface area contributed by atoms with Crippen LogP contribution in [0, 0.1) is 0 Å². The molecule has 0 saturated carbocycles. The van der Waals surface area contributed by atoms with Gasteiger partial charge in [-0.1, -0.05) is 18.2 Å². The van der Waals surface area contributed by atoms with Crippen LogP contribution in [0.4, 0.5) is 0 Å². The predicted molar refractivity (Wildman–Crippen MR) is 99.0 cm³/mol. The van der Waals surface area contributed by atoms with Gasteiger partial charge in [-0.3, -0.25) is 4.90 Å². The SMILES string of the molecule is CN(C)S(=O)(=O)N[C@@H]1CCN(Cc2ccccc2-n2cccn2)C[C@H]1O. The Hall–Kier alpha value is -1.78. The summed E-state index contributed by atoms with van der Waals surface area (Å²) in [7, 11) is -0.614. The Labute approximate surface area is 154 Å². The third-order valence-electron chi connectivity index (χ3n) is 4.58. The highest BCUT2D eigenvalue weighted by molar-refractivity contribution is 7.87. The van der Waals surface area contributed by atoms with Crippen molar-refractivity contribution in [3.05, 3.63) is 48.3 Å². The van der Waals surface area contributed by atoms with E-state index in [4.69, 9.17) is 0 Å². The van der Waals surface area contributed by atoms with Crippen molar-refractivity contribution < 1.29 is 13.5 Å². The maximum absolute atomic E-state index is 12.0. The lowest BCUT2D eigenvalue weighted by atomic mass is 10.0. The van der Waals surface area contributed by atoms with Crippen molar-refractivity contribution in [3.8, 4) is 5.69 Å². The Bertz CT molecular complexity index is 823.